The van der Waals surface area contributed by atoms with Gasteiger partial charge in [-0.15, -0.1) is 10.2 Å². The van der Waals surface area contributed by atoms with E-state index in [2.05, 4.69) is 25.5 Å². The molecule has 1 saturated carbocycles. The van der Waals surface area contributed by atoms with Gasteiger partial charge in [0, 0.05) is 32.2 Å². The van der Waals surface area contributed by atoms with Crippen molar-refractivity contribution in [1.82, 2.24) is 25.1 Å². The number of carbonyl (C=O) groups is 1. The van der Waals surface area contributed by atoms with Gasteiger partial charge < -0.3 is 24.6 Å². The third-order valence-electron chi connectivity index (χ3n) is 7.06. The van der Waals surface area contributed by atoms with Crippen LogP contribution in [0.4, 0.5) is 34.0 Å². The molecule has 14 heteroatoms. The number of amides is 1. The minimum absolute atomic E-state index is 0.0135. The minimum Gasteiger partial charge on any atom is -0.465 e. The fourth-order valence-corrected chi connectivity index (χ4v) is 4.69. The van der Waals surface area contributed by atoms with Crippen molar-refractivity contribution in [3.63, 3.8) is 0 Å². The smallest absolute Gasteiger partial charge is 0.416 e. The van der Waals surface area contributed by atoms with Crippen molar-refractivity contribution in [2.24, 2.45) is 0 Å². The zero-order valence-corrected chi connectivity index (χ0v) is 20.2. The number of alkyl halides is 3. The van der Waals surface area contributed by atoms with Crippen LogP contribution in [0.5, 0.6) is 0 Å². The highest BCUT2D eigenvalue weighted by Gasteiger charge is 2.42. The lowest BCUT2D eigenvalue weighted by Crippen LogP contribution is -2.48. The summed E-state index contributed by atoms with van der Waals surface area (Å²) in [7, 11) is 0. The Morgan fingerprint density at radius 1 is 1.18 bits per heavy atom. The lowest BCUT2D eigenvalue weighted by Gasteiger charge is -2.38. The van der Waals surface area contributed by atoms with Crippen molar-refractivity contribution >= 4 is 17.7 Å². The molecule has 0 radical (unpaired) electrons. The average molecular weight is 536 g/mol. The number of benzene rings is 1. The van der Waals surface area contributed by atoms with Crippen LogP contribution < -0.4 is 10.2 Å². The molecule has 2 aliphatic rings. The van der Waals surface area contributed by atoms with Crippen LogP contribution in [0.25, 0.3) is 0 Å². The molecule has 0 atom stereocenters. The number of piperidine rings is 1. The normalized spacial score (nSPS) is 17.3. The standard InChI is InChI=1S/C24H25F4N7O3/c25-18-19(29-12-23(21-33-32-14-38-21)7-9-34(10-8-23)22(36)37)30-13-31-20(18)35(17-5-6-17)11-15-1-3-16(4-2-15)24(26,27)28/h1-4,13-14,17H,5-12H2,(H,36,37)(H,29,30,31). The van der Waals surface area contributed by atoms with Gasteiger partial charge in [0.05, 0.1) is 11.0 Å². The Morgan fingerprint density at radius 2 is 1.89 bits per heavy atom. The number of carboxylic acid groups (broad SMARTS) is 1. The summed E-state index contributed by atoms with van der Waals surface area (Å²) >= 11 is 0. The minimum atomic E-state index is -4.43. The van der Waals surface area contributed by atoms with E-state index in [4.69, 9.17) is 4.42 Å². The highest BCUT2D eigenvalue weighted by Crippen LogP contribution is 2.37. The summed E-state index contributed by atoms with van der Waals surface area (Å²) in [4.78, 5) is 22.6. The van der Waals surface area contributed by atoms with E-state index in [0.717, 1.165) is 25.0 Å². The Kier molecular flexibility index (Phi) is 6.80. The van der Waals surface area contributed by atoms with Crippen LogP contribution in [0.3, 0.4) is 0 Å². The van der Waals surface area contributed by atoms with E-state index in [1.54, 1.807) is 4.90 Å². The highest BCUT2D eigenvalue weighted by molar-refractivity contribution is 5.65. The molecule has 0 bridgehead atoms. The Balaban J connectivity index is 1.34. The number of hydrogen-bond donors (Lipinski definition) is 2. The van der Waals surface area contributed by atoms with E-state index >= 15 is 4.39 Å². The van der Waals surface area contributed by atoms with Crippen molar-refractivity contribution in [2.45, 2.75) is 49.9 Å². The molecular weight excluding hydrogens is 510 g/mol. The first-order valence-electron chi connectivity index (χ1n) is 12.1. The summed E-state index contributed by atoms with van der Waals surface area (Å²) in [5.41, 5.74) is -0.877. The van der Waals surface area contributed by atoms with Crippen LogP contribution in [0.1, 0.15) is 42.7 Å². The lowest BCUT2D eigenvalue weighted by molar-refractivity contribution is -0.137. The van der Waals surface area contributed by atoms with Gasteiger partial charge in [0.25, 0.3) is 0 Å². The van der Waals surface area contributed by atoms with Gasteiger partial charge in [-0.3, -0.25) is 0 Å². The molecule has 10 nitrogen and oxygen atoms in total. The topological polar surface area (TPSA) is 121 Å². The van der Waals surface area contributed by atoms with Crippen LogP contribution >= 0.6 is 0 Å². The van der Waals surface area contributed by atoms with Crippen molar-refractivity contribution in [3.8, 4) is 0 Å². The predicted octanol–water partition coefficient (Wildman–Crippen LogP) is 4.31. The average Bonchev–Trinajstić information content (AvgIpc) is 3.58. The summed E-state index contributed by atoms with van der Waals surface area (Å²) < 4.78 is 60.0. The lowest BCUT2D eigenvalue weighted by atomic mass is 9.78. The van der Waals surface area contributed by atoms with Gasteiger partial charge in [-0.05, 0) is 43.4 Å². The number of nitrogens with one attached hydrogen (secondary N) is 1. The number of halogens is 4. The maximum Gasteiger partial charge on any atom is 0.416 e. The maximum absolute atomic E-state index is 15.7. The van der Waals surface area contributed by atoms with Crippen LogP contribution in [-0.4, -0.2) is 61.9 Å². The second-order valence-electron chi connectivity index (χ2n) is 9.56. The fraction of sp³-hybridized carbons (Fsp3) is 0.458. The maximum atomic E-state index is 15.7. The summed E-state index contributed by atoms with van der Waals surface area (Å²) in [6.07, 6.45) is -0.630. The SMILES string of the molecule is O=C(O)N1CCC(CNc2ncnc(N(Cc3ccc(C(F)(F)F)cc3)C3CC3)c2F)(c2nnco2)CC1. The molecule has 202 valence electrons. The van der Waals surface area contributed by atoms with E-state index < -0.39 is 29.1 Å². The van der Waals surface area contributed by atoms with Gasteiger partial charge in [-0.2, -0.15) is 17.6 Å². The molecule has 2 N–H and O–H groups in total. The van der Waals surface area contributed by atoms with Gasteiger partial charge in [0.15, 0.2) is 11.6 Å². The molecule has 1 aliphatic heterocycles. The monoisotopic (exact) mass is 535 g/mol. The van der Waals surface area contributed by atoms with Crippen LogP contribution in [0.2, 0.25) is 0 Å². The quantitative estimate of drug-likeness (QED) is 0.407. The molecule has 38 heavy (non-hydrogen) atoms. The van der Waals surface area contributed by atoms with Crippen LogP contribution in [0.15, 0.2) is 41.4 Å². The summed E-state index contributed by atoms with van der Waals surface area (Å²) in [5.74, 6) is -0.355. The van der Waals surface area contributed by atoms with E-state index in [1.165, 1.54) is 29.8 Å². The summed E-state index contributed by atoms with van der Waals surface area (Å²) in [6, 6.07) is 4.80. The number of rotatable bonds is 8. The number of hydrogen-bond acceptors (Lipinski definition) is 8. The summed E-state index contributed by atoms with van der Waals surface area (Å²) in [5, 5.41) is 20.1. The molecular formula is C24H25F4N7O3. The largest absolute Gasteiger partial charge is 0.465 e. The van der Waals surface area contributed by atoms with E-state index in [0.29, 0.717) is 24.3 Å². The molecule has 2 aromatic heterocycles. The zero-order chi connectivity index (χ0) is 26.9. The van der Waals surface area contributed by atoms with Gasteiger partial charge in [0.1, 0.15) is 6.33 Å². The number of aromatic nitrogens is 4. The van der Waals surface area contributed by atoms with Crippen LogP contribution in [0, 0.1) is 5.82 Å². The first kappa shape index (κ1) is 25.7. The van der Waals surface area contributed by atoms with Crippen molar-refractivity contribution in [2.75, 3.05) is 29.9 Å². The molecule has 0 unspecified atom stereocenters. The van der Waals surface area contributed by atoms with Crippen molar-refractivity contribution in [1.29, 1.82) is 0 Å². The molecule has 1 aliphatic carbocycles. The Hall–Kier alpha value is -3.97. The molecule has 1 aromatic carbocycles. The molecule has 3 heterocycles. The molecule has 3 aromatic rings. The third-order valence-corrected chi connectivity index (χ3v) is 7.06. The van der Waals surface area contributed by atoms with E-state index in [9.17, 15) is 23.1 Å². The third kappa shape index (κ3) is 5.34. The number of likely N-dealkylation sites (tertiary alicyclic amines) is 1. The molecule has 2 fully saturated rings. The summed E-state index contributed by atoms with van der Waals surface area (Å²) in [6.45, 7) is 0.852. The fourth-order valence-electron chi connectivity index (χ4n) is 4.69. The molecule has 1 amide bonds. The highest BCUT2D eigenvalue weighted by atomic mass is 19.4. The molecule has 5 rings (SSSR count). The predicted molar refractivity (Wildman–Crippen MR) is 126 cm³/mol. The first-order valence-corrected chi connectivity index (χ1v) is 12.1. The Morgan fingerprint density at radius 3 is 2.47 bits per heavy atom. The Bertz CT molecular complexity index is 1260. The van der Waals surface area contributed by atoms with Crippen molar-refractivity contribution < 1.29 is 31.9 Å². The van der Waals surface area contributed by atoms with Gasteiger partial charge in [-0.1, -0.05) is 12.1 Å². The Labute approximate surface area is 214 Å². The van der Waals surface area contributed by atoms with Gasteiger partial charge in [0.2, 0.25) is 18.1 Å². The second-order valence-corrected chi connectivity index (χ2v) is 9.56. The number of nitrogens with zero attached hydrogens (tertiary/aromatic N) is 6. The van der Waals surface area contributed by atoms with Crippen LogP contribution in [-0.2, 0) is 18.1 Å². The number of anilines is 2. The second kappa shape index (κ2) is 10.1. The van der Waals surface area contributed by atoms with Gasteiger partial charge >= 0.3 is 12.3 Å². The van der Waals surface area contributed by atoms with Gasteiger partial charge in [-0.25, -0.2) is 14.8 Å². The molecule has 0 spiro atoms. The van der Waals surface area contributed by atoms with E-state index in [1.807, 2.05) is 0 Å². The molecule has 1 saturated heterocycles. The van der Waals surface area contributed by atoms with Crippen molar-refractivity contribution in [3.05, 3.63) is 59.8 Å². The first-order chi connectivity index (χ1) is 18.2. The van der Waals surface area contributed by atoms with E-state index in [-0.39, 0.29) is 43.9 Å². The zero-order valence-electron chi connectivity index (χ0n) is 20.2.